The summed E-state index contributed by atoms with van der Waals surface area (Å²) < 4.78 is 2.15. The Morgan fingerprint density at radius 1 is 1.67 bits per heavy atom. The van der Waals surface area contributed by atoms with E-state index in [2.05, 4.69) is 33.9 Å². The van der Waals surface area contributed by atoms with Gasteiger partial charge in [0.05, 0.1) is 0 Å². The summed E-state index contributed by atoms with van der Waals surface area (Å²) in [5.41, 5.74) is 0. The SMILES string of the molecule is CCC[CH-]I.[Li+]. The van der Waals surface area contributed by atoms with E-state index in [-0.39, 0.29) is 18.9 Å². The normalized spacial score (nSPS) is 7.00. The van der Waals surface area contributed by atoms with Crippen LogP contribution in [-0.4, -0.2) is 0 Å². The summed E-state index contributed by atoms with van der Waals surface area (Å²) in [5, 5.41) is 0. The van der Waals surface area contributed by atoms with E-state index >= 15 is 0 Å². The van der Waals surface area contributed by atoms with Crippen molar-refractivity contribution in [1.29, 1.82) is 0 Å². The molecule has 0 atom stereocenters. The van der Waals surface area contributed by atoms with E-state index in [0.717, 1.165) is 0 Å². The number of rotatable bonds is 2. The maximum absolute atomic E-state index is 2.26. The molecule has 32 valence electrons. The van der Waals surface area contributed by atoms with Crippen LogP contribution in [0, 0.1) is 4.43 Å². The summed E-state index contributed by atoms with van der Waals surface area (Å²) in [7, 11) is 0. The minimum absolute atomic E-state index is 0. The molecule has 0 aromatic heterocycles. The van der Waals surface area contributed by atoms with E-state index in [1.807, 2.05) is 0 Å². The number of halogens is 1. The van der Waals surface area contributed by atoms with E-state index in [1.54, 1.807) is 0 Å². The van der Waals surface area contributed by atoms with Gasteiger partial charge in [0.1, 0.15) is 0 Å². The summed E-state index contributed by atoms with van der Waals surface area (Å²) in [6, 6.07) is 0. The van der Waals surface area contributed by atoms with Gasteiger partial charge >= 0.3 is 18.9 Å². The van der Waals surface area contributed by atoms with Crippen LogP contribution in [0.25, 0.3) is 0 Å². The first kappa shape index (κ1) is 10.3. The summed E-state index contributed by atoms with van der Waals surface area (Å²) >= 11 is 2.26. The van der Waals surface area contributed by atoms with Crippen molar-refractivity contribution in [3.05, 3.63) is 4.43 Å². The zero-order valence-electron chi connectivity index (χ0n) is 4.37. The molecule has 0 unspecified atom stereocenters. The van der Waals surface area contributed by atoms with Crippen LogP contribution in [0.15, 0.2) is 0 Å². The summed E-state index contributed by atoms with van der Waals surface area (Å²) in [6.45, 7) is 2.18. The molecule has 0 bridgehead atoms. The molecule has 0 fully saturated rings. The van der Waals surface area contributed by atoms with Crippen LogP contribution < -0.4 is 18.9 Å². The molecule has 0 saturated heterocycles. The molecule has 0 aliphatic rings. The van der Waals surface area contributed by atoms with Gasteiger partial charge in [0.2, 0.25) is 0 Å². The van der Waals surface area contributed by atoms with E-state index in [1.165, 1.54) is 12.8 Å². The molecule has 0 aliphatic carbocycles. The van der Waals surface area contributed by atoms with Crippen molar-refractivity contribution in [1.82, 2.24) is 0 Å². The summed E-state index contributed by atoms with van der Waals surface area (Å²) in [6.07, 6.45) is 2.53. The van der Waals surface area contributed by atoms with Crippen molar-refractivity contribution in [3.63, 3.8) is 0 Å². The molecule has 2 heteroatoms. The molecule has 6 heavy (non-hydrogen) atoms. The molecule has 0 aliphatic heterocycles. The monoisotopic (exact) mass is 190 g/mol. The van der Waals surface area contributed by atoms with Gasteiger partial charge in [0.15, 0.2) is 0 Å². The number of unbranched alkanes of at least 4 members (excludes halogenated alkanes) is 1. The predicted octanol–water partition coefficient (Wildman–Crippen LogP) is -0.613. The van der Waals surface area contributed by atoms with E-state index in [4.69, 9.17) is 0 Å². The van der Waals surface area contributed by atoms with Gasteiger partial charge < -0.3 is 22.6 Å². The van der Waals surface area contributed by atoms with Crippen LogP contribution in [-0.2, 0) is 0 Å². The first-order valence-corrected chi connectivity index (χ1v) is 3.08. The van der Waals surface area contributed by atoms with Gasteiger partial charge in [-0.15, -0.1) is 0 Å². The maximum Gasteiger partial charge on any atom is 1.00 e. The van der Waals surface area contributed by atoms with Crippen molar-refractivity contribution < 1.29 is 18.9 Å². The van der Waals surface area contributed by atoms with E-state index in [0.29, 0.717) is 0 Å². The van der Waals surface area contributed by atoms with Gasteiger partial charge in [-0.05, 0) is 0 Å². The molecule has 0 aromatic rings. The Bertz CT molecular complexity index is 15.0. The van der Waals surface area contributed by atoms with Crippen LogP contribution in [0.5, 0.6) is 0 Å². The molecular formula is C4H8ILi. The molecule has 0 aromatic carbocycles. The zero-order chi connectivity index (χ0) is 4.12. The first-order valence-electron chi connectivity index (χ1n) is 1.83. The molecule has 0 N–H and O–H groups in total. The fourth-order valence-corrected chi connectivity index (χ4v) is 0.732. The molecule has 0 amide bonds. The first-order chi connectivity index (χ1) is 2.41. The molecule has 0 rings (SSSR count). The number of hydrogen-bond donors (Lipinski definition) is 0. The predicted molar refractivity (Wildman–Crippen MR) is 33.2 cm³/mol. The van der Waals surface area contributed by atoms with Gasteiger partial charge in [0.25, 0.3) is 0 Å². The average molecular weight is 190 g/mol. The third-order valence-electron chi connectivity index (χ3n) is 0.398. The van der Waals surface area contributed by atoms with Gasteiger partial charge in [-0.2, -0.15) is 6.42 Å². The van der Waals surface area contributed by atoms with Crippen LogP contribution in [0.4, 0.5) is 0 Å². The van der Waals surface area contributed by atoms with Crippen LogP contribution >= 0.6 is 22.6 Å². The molecule has 0 radical (unpaired) electrons. The molecule has 0 nitrogen and oxygen atoms in total. The Morgan fingerprint density at radius 2 is 2.17 bits per heavy atom. The van der Waals surface area contributed by atoms with Gasteiger partial charge in [0, 0.05) is 0 Å². The van der Waals surface area contributed by atoms with Crippen molar-refractivity contribution >= 4 is 22.6 Å². The van der Waals surface area contributed by atoms with Crippen LogP contribution in [0.3, 0.4) is 0 Å². The fraction of sp³-hybridized carbons (Fsp3) is 0.750. The fourth-order valence-electron chi connectivity index (χ4n) is 0.109. The smallest absolute Gasteiger partial charge is 0.316 e. The van der Waals surface area contributed by atoms with Gasteiger partial charge in [-0.1, -0.05) is 13.3 Å². The molecule has 0 spiro atoms. The maximum atomic E-state index is 2.26. The Morgan fingerprint density at radius 3 is 2.17 bits per heavy atom. The zero-order valence-corrected chi connectivity index (χ0v) is 6.53. The average Bonchev–Trinajstić information content (AvgIpc) is 1.41. The van der Waals surface area contributed by atoms with Gasteiger partial charge in [-0.25, -0.2) is 0 Å². The van der Waals surface area contributed by atoms with E-state index in [9.17, 15) is 0 Å². The summed E-state index contributed by atoms with van der Waals surface area (Å²) in [4.78, 5) is 0. The van der Waals surface area contributed by atoms with Crippen molar-refractivity contribution in [2.75, 3.05) is 0 Å². The van der Waals surface area contributed by atoms with Crippen molar-refractivity contribution in [3.8, 4) is 0 Å². The quantitative estimate of drug-likeness (QED) is 0.309. The Hall–Kier alpha value is 1.33. The third kappa shape index (κ3) is 9.01. The Labute approximate surface area is 65.4 Å². The second kappa shape index (κ2) is 9.59. The standard InChI is InChI=1S/C4H8I.Li/c1-2-3-4-5;/h4H,2-3H2,1H3;/q-1;+1. The van der Waals surface area contributed by atoms with Crippen LogP contribution in [0.2, 0.25) is 0 Å². The van der Waals surface area contributed by atoms with E-state index < -0.39 is 0 Å². The number of hydrogen-bond acceptors (Lipinski definition) is 0. The Kier molecular flexibility index (Phi) is 16.5. The minimum Gasteiger partial charge on any atom is -0.316 e. The molecule has 0 saturated carbocycles. The summed E-state index contributed by atoms with van der Waals surface area (Å²) in [5.74, 6) is 0. The van der Waals surface area contributed by atoms with Gasteiger partial charge in [-0.3, -0.25) is 4.43 Å². The molecular weight excluding hydrogens is 182 g/mol. The third-order valence-corrected chi connectivity index (χ3v) is 1.02. The van der Waals surface area contributed by atoms with Crippen molar-refractivity contribution in [2.45, 2.75) is 19.8 Å². The second-order valence-corrected chi connectivity index (χ2v) is 1.82. The Balaban J connectivity index is 0. The van der Waals surface area contributed by atoms with Crippen LogP contribution in [0.1, 0.15) is 19.8 Å². The van der Waals surface area contributed by atoms with Crippen molar-refractivity contribution in [2.24, 2.45) is 0 Å². The minimum atomic E-state index is 0. The second-order valence-electron chi connectivity index (χ2n) is 0.943. The molecule has 0 heterocycles. The topological polar surface area (TPSA) is 0 Å². The largest absolute Gasteiger partial charge is 1.00 e.